The molecule has 1 rings (SSSR count). The standard InChI is InChI=1S/C9H12N2O4S2/c1-5-3-6(11-9(10)16)7(15-2)4-8(5)17(12,13)14/h3-4H,1-2H3,(H3,10,11,16)(H,12,13,14). The fourth-order valence-electron chi connectivity index (χ4n) is 1.35. The van der Waals surface area contributed by atoms with Gasteiger partial charge in [0.2, 0.25) is 0 Å². The smallest absolute Gasteiger partial charge is 0.294 e. The Bertz CT molecular complexity index is 554. The lowest BCUT2D eigenvalue weighted by atomic mass is 10.2. The fourth-order valence-corrected chi connectivity index (χ4v) is 2.18. The maximum Gasteiger partial charge on any atom is 0.294 e. The SMILES string of the molecule is COc1cc(S(=O)(=O)O)c(C)cc1NC(N)=S. The summed E-state index contributed by atoms with van der Waals surface area (Å²) in [4.78, 5) is -0.220. The van der Waals surface area contributed by atoms with Crippen LogP contribution in [-0.2, 0) is 10.1 Å². The molecule has 0 fully saturated rings. The van der Waals surface area contributed by atoms with Gasteiger partial charge in [-0.05, 0) is 30.8 Å². The number of methoxy groups -OCH3 is 1. The highest BCUT2D eigenvalue weighted by Crippen LogP contribution is 2.30. The number of hydrogen-bond donors (Lipinski definition) is 3. The lowest BCUT2D eigenvalue weighted by molar-refractivity contribution is 0.414. The molecular formula is C9H12N2O4S2. The average molecular weight is 276 g/mol. The minimum absolute atomic E-state index is 0.0299. The van der Waals surface area contributed by atoms with Crippen LogP contribution in [0.3, 0.4) is 0 Å². The number of rotatable bonds is 3. The zero-order valence-electron chi connectivity index (χ0n) is 9.22. The Morgan fingerprint density at radius 1 is 1.53 bits per heavy atom. The minimum Gasteiger partial charge on any atom is -0.495 e. The molecule has 0 bridgehead atoms. The maximum absolute atomic E-state index is 11.1. The molecule has 0 aliphatic carbocycles. The van der Waals surface area contributed by atoms with Crippen LogP contribution in [0.15, 0.2) is 17.0 Å². The molecule has 0 aliphatic heterocycles. The van der Waals surface area contributed by atoms with Crippen molar-refractivity contribution < 1.29 is 17.7 Å². The number of benzene rings is 1. The normalized spacial score (nSPS) is 11.0. The summed E-state index contributed by atoms with van der Waals surface area (Å²) in [5, 5.41) is 2.68. The van der Waals surface area contributed by atoms with E-state index in [1.807, 2.05) is 0 Å². The molecule has 0 saturated carbocycles. The minimum atomic E-state index is -4.28. The number of anilines is 1. The Balaban J connectivity index is 3.40. The van der Waals surface area contributed by atoms with Crippen molar-refractivity contribution in [1.29, 1.82) is 0 Å². The zero-order valence-corrected chi connectivity index (χ0v) is 10.9. The molecule has 0 heterocycles. The van der Waals surface area contributed by atoms with Gasteiger partial charge in [0.1, 0.15) is 10.6 Å². The monoisotopic (exact) mass is 276 g/mol. The third-order valence-electron chi connectivity index (χ3n) is 2.03. The van der Waals surface area contributed by atoms with Crippen LogP contribution >= 0.6 is 12.2 Å². The molecule has 0 saturated heterocycles. The van der Waals surface area contributed by atoms with Crippen LogP contribution in [0.2, 0.25) is 0 Å². The first kappa shape index (κ1) is 13.7. The molecule has 8 heteroatoms. The van der Waals surface area contributed by atoms with Gasteiger partial charge in [0.15, 0.2) is 5.11 Å². The van der Waals surface area contributed by atoms with E-state index < -0.39 is 10.1 Å². The van der Waals surface area contributed by atoms with Crippen molar-refractivity contribution in [3.8, 4) is 5.75 Å². The number of hydrogen-bond acceptors (Lipinski definition) is 4. The van der Waals surface area contributed by atoms with Crippen LogP contribution in [0.5, 0.6) is 5.75 Å². The van der Waals surface area contributed by atoms with Crippen molar-refractivity contribution in [2.24, 2.45) is 5.73 Å². The van der Waals surface area contributed by atoms with Gasteiger partial charge in [-0.1, -0.05) is 0 Å². The van der Waals surface area contributed by atoms with Gasteiger partial charge in [-0.25, -0.2) is 0 Å². The number of aryl methyl sites for hydroxylation is 1. The fraction of sp³-hybridized carbons (Fsp3) is 0.222. The van der Waals surface area contributed by atoms with E-state index in [9.17, 15) is 8.42 Å². The molecule has 1 aromatic carbocycles. The van der Waals surface area contributed by atoms with Gasteiger partial charge in [-0.3, -0.25) is 4.55 Å². The molecule has 0 aromatic heterocycles. The van der Waals surface area contributed by atoms with Gasteiger partial charge in [-0.15, -0.1) is 0 Å². The highest BCUT2D eigenvalue weighted by Gasteiger charge is 2.17. The zero-order chi connectivity index (χ0) is 13.2. The third kappa shape index (κ3) is 3.29. The predicted molar refractivity (Wildman–Crippen MR) is 68.0 cm³/mol. The summed E-state index contributed by atoms with van der Waals surface area (Å²) >= 11 is 4.68. The van der Waals surface area contributed by atoms with Crippen LogP contribution in [0.4, 0.5) is 5.69 Å². The number of ether oxygens (including phenoxy) is 1. The Hall–Kier alpha value is -1.38. The topological polar surface area (TPSA) is 102 Å². The Labute approximate surface area is 105 Å². The molecule has 4 N–H and O–H groups in total. The van der Waals surface area contributed by atoms with E-state index in [-0.39, 0.29) is 15.8 Å². The van der Waals surface area contributed by atoms with Crippen molar-refractivity contribution >= 4 is 33.1 Å². The quantitative estimate of drug-likeness (QED) is 0.557. The van der Waals surface area contributed by atoms with Gasteiger partial charge in [0, 0.05) is 6.07 Å². The second-order valence-corrected chi connectivity index (χ2v) is 5.11. The molecule has 0 unspecified atom stereocenters. The van der Waals surface area contributed by atoms with Crippen molar-refractivity contribution in [3.05, 3.63) is 17.7 Å². The Kier molecular flexibility index (Phi) is 3.91. The van der Waals surface area contributed by atoms with E-state index in [1.54, 1.807) is 0 Å². The summed E-state index contributed by atoms with van der Waals surface area (Å²) in [6.45, 7) is 1.54. The van der Waals surface area contributed by atoms with E-state index in [0.29, 0.717) is 11.3 Å². The van der Waals surface area contributed by atoms with Gasteiger partial charge in [0.05, 0.1) is 12.8 Å². The largest absolute Gasteiger partial charge is 0.495 e. The average Bonchev–Trinajstić information content (AvgIpc) is 2.14. The predicted octanol–water partition coefficient (Wildman–Crippen LogP) is 0.906. The highest BCUT2D eigenvalue weighted by molar-refractivity contribution is 7.85. The maximum atomic E-state index is 11.1. The molecule has 1 aromatic rings. The van der Waals surface area contributed by atoms with Crippen molar-refractivity contribution in [1.82, 2.24) is 0 Å². The summed E-state index contributed by atoms with van der Waals surface area (Å²) in [7, 11) is -2.92. The van der Waals surface area contributed by atoms with Crippen LogP contribution in [-0.4, -0.2) is 25.2 Å². The molecular weight excluding hydrogens is 264 g/mol. The first-order chi connectivity index (χ1) is 7.75. The second-order valence-electron chi connectivity index (χ2n) is 3.28. The van der Waals surface area contributed by atoms with Crippen LogP contribution in [0.25, 0.3) is 0 Å². The van der Waals surface area contributed by atoms with Gasteiger partial charge < -0.3 is 15.8 Å². The van der Waals surface area contributed by atoms with E-state index in [0.717, 1.165) is 0 Å². The van der Waals surface area contributed by atoms with Crippen molar-refractivity contribution in [2.45, 2.75) is 11.8 Å². The van der Waals surface area contributed by atoms with Crippen LogP contribution in [0, 0.1) is 6.92 Å². The first-order valence-electron chi connectivity index (χ1n) is 4.48. The Morgan fingerprint density at radius 2 is 2.12 bits per heavy atom. The molecule has 94 valence electrons. The molecule has 0 radical (unpaired) electrons. The summed E-state index contributed by atoms with van der Waals surface area (Å²) in [6, 6.07) is 2.67. The van der Waals surface area contributed by atoms with Gasteiger partial charge >= 0.3 is 0 Å². The Morgan fingerprint density at radius 3 is 2.53 bits per heavy atom. The number of thiocarbonyl (C=S) groups is 1. The molecule has 17 heavy (non-hydrogen) atoms. The van der Waals surface area contributed by atoms with Gasteiger partial charge in [-0.2, -0.15) is 8.42 Å². The molecule has 0 spiro atoms. The molecule has 6 nitrogen and oxygen atoms in total. The second kappa shape index (κ2) is 4.86. The summed E-state index contributed by atoms with van der Waals surface area (Å²) in [6.07, 6.45) is 0. The summed E-state index contributed by atoms with van der Waals surface area (Å²) in [5.41, 5.74) is 6.11. The molecule has 0 atom stereocenters. The third-order valence-corrected chi connectivity index (χ3v) is 3.13. The van der Waals surface area contributed by atoms with E-state index in [4.69, 9.17) is 15.0 Å². The van der Waals surface area contributed by atoms with Crippen LogP contribution < -0.4 is 15.8 Å². The van der Waals surface area contributed by atoms with Crippen molar-refractivity contribution in [3.63, 3.8) is 0 Å². The highest BCUT2D eigenvalue weighted by atomic mass is 32.2. The summed E-state index contributed by atoms with van der Waals surface area (Å²) in [5.74, 6) is 0.219. The number of nitrogens with one attached hydrogen (secondary N) is 1. The lowest BCUT2D eigenvalue weighted by Crippen LogP contribution is -2.19. The molecule has 0 aliphatic rings. The van der Waals surface area contributed by atoms with Crippen LogP contribution in [0.1, 0.15) is 5.56 Å². The van der Waals surface area contributed by atoms with Crippen molar-refractivity contribution in [2.75, 3.05) is 12.4 Å². The van der Waals surface area contributed by atoms with E-state index in [1.165, 1.54) is 26.2 Å². The van der Waals surface area contributed by atoms with E-state index >= 15 is 0 Å². The lowest BCUT2D eigenvalue weighted by Gasteiger charge is -2.12. The van der Waals surface area contributed by atoms with Gasteiger partial charge in [0.25, 0.3) is 10.1 Å². The molecule has 0 amide bonds. The summed E-state index contributed by atoms with van der Waals surface area (Å²) < 4.78 is 36.2. The first-order valence-corrected chi connectivity index (χ1v) is 6.33. The van der Waals surface area contributed by atoms with E-state index in [2.05, 4.69) is 17.5 Å². The number of nitrogens with two attached hydrogens (primary N) is 1.